The van der Waals surface area contributed by atoms with Crippen LogP contribution in [0.1, 0.15) is 0 Å². The Morgan fingerprint density at radius 2 is 0.667 bits per heavy atom. The topological polar surface area (TPSA) is 0 Å². The first-order chi connectivity index (χ1) is 9.82. The second kappa shape index (κ2) is 11.9. The molecule has 5 heteroatoms. The van der Waals surface area contributed by atoms with E-state index in [1.807, 2.05) is 0 Å². The predicted octanol–water partition coefficient (Wildman–Crippen LogP) is -5.38. The van der Waals surface area contributed by atoms with Crippen molar-refractivity contribution in [3.8, 4) is 0 Å². The van der Waals surface area contributed by atoms with Gasteiger partial charge in [0.25, 0.3) is 0 Å². The van der Waals surface area contributed by atoms with Gasteiger partial charge in [0.2, 0.25) is 0 Å². The van der Waals surface area contributed by atoms with E-state index in [9.17, 15) is 0 Å². The van der Waals surface area contributed by atoms with Crippen molar-refractivity contribution < 1.29 is 54.3 Å². The van der Waals surface area contributed by atoms with E-state index in [-0.39, 0.29) is 54.3 Å². The van der Waals surface area contributed by atoms with Gasteiger partial charge < -0.3 is 37.2 Å². The van der Waals surface area contributed by atoms with Crippen molar-refractivity contribution in [2.75, 3.05) is 6.66 Å². The van der Waals surface area contributed by atoms with Gasteiger partial charge in [-0.15, -0.1) is 0 Å². The van der Waals surface area contributed by atoms with Crippen molar-refractivity contribution in [3.63, 3.8) is 0 Å². The fraction of sp³-hybridized carbons (Fsp3) is 0.0526. The Morgan fingerprint density at radius 3 is 0.875 bits per heavy atom. The van der Waals surface area contributed by atoms with Gasteiger partial charge in [-0.3, -0.25) is 0 Å². The van der Waals surface area contributed by atoms with Gasteiger partial charge in [0.15, 0.2) is 0 Å². The molecule has 0 spiro atoms. The molecule has 0 heterocycles. The van der Waals surface area contributed by atoms with Crippen molar-refractivity contribution in [2.45, 2.75) is 0 Å². The van der Waals surface area contributed by atoms with E-state index in [0.29, 0.717) is 0 Å². The molecule has 127 valence electrons. The van der Waals surface area contributed by atoms with E-state index in [1.54, 1.807) is 0 Å². The van der Waals surface area contributed by atoms with Crippen LogP contribution in [-0.4, -0.2) is 6.66 Å². The van der Waals surface area contributed by atoms with Gasteiger partial charge in [-0.25, -0.2) is 0 Å². The molecule has 0 amide bonds. The molecule has 0 nitrogen and oxygen atoms in total. The summed E-state index contributed by atoms with van der Waals surface area (Å²) in [6, 6.07) is 32.6. The zero-order valence-electron chi connectivity index (χ0n) is 13.1. The third-order valence-electron chi connectivity index (χ3n) is 3.82. The van der Waals surface area contributed by atoms with Crippen LogP contribution in [0, 0.1) is 0 Å². The monoisotopic (exact) mass is 437 g/mol. The van der Waals surface area contributed by atoms with E-state index in [4.69, 9.17) is 0 Å². The molecule has 0 saturated heterocycles. The Hall–Kier alpha value is -0.521. The van der Waals surface area contributed by atoms with Crippen LogP contribution in [0.5, 0.6) is 0 Å². The average Bonchev–Trinajstić information content (AvgIpc) is 2.56. The molecule has 0 aromatic heterocycles. The van der Waals surface area contributed by atoms with Gasteiger partial charge in [0.05, 0.1) is 6.66 Å². The summed E-state index contributed by atoms with van der Waals surface area (Å²) in [7, 11) is -1.53. The standard InChI is InChI=1S/C19H18P.3ClH.Mn/c1-20(17-11-5-2-6-12-17,18-13-7-3-8-14-18)19-15-9-4-10-16-19;;;;/h2-16H,1H3;3*1H;/q+1;;;;+2/p-3. The average molecular weight is 439 g/mol. The summed E-state index contributed by atoms with van der Waals surface area (Å²) in [4.78, 5) is 0. The smallest absolute Gasteiger partial charge is 1.00 e. The van der Waals surface area contributed by atoms with Crippen molar-refractivity contribution in [3.05, 3.63) is 91.0 Å². The summed E-state index contributed by atoms with van der Waals surface area (Å²) in [5, 5.41) is 4.28. The summed E-state index contributed by atoms with van der Waals surface area (Å²) in [6.07, 6.45) is 0. The summed E-state index contributed by atoms with van der Waals surface area (Å²) in [5.41, 5.74) is 0. The molecular weight excluding hydrogens is 420 g/mol. The van der Waals surface area contributed by atoms with Crippen LogP contribution >= 0.6 is 7.26 Å². The van der Waals surface area contributed by atoms with Crippen LogP contribution in [0.15, 0.2) is 91.0 Å². The molecule has 1 radical (unpaired) electrons. The first kappa shape index (κ1) is 25.7. The Bertz CT molecular complexity index is 582. The molecule has 24 heavy (non-hydrogen) atoms. The Balaban J connectivity index is 0. The Morgan fingerprint density at radius 1 is 0.458 bits per heavy atom. The second-order valence-electron chi connectivity index (χ2n) is 5.01. The maximum atomic E-state index is 2.41. The van der Waals surface area contributed by atoms with E-state index in [0.717, 1.165) is 0 Å². The maximum absolute atomic E-state index is 2.41. The minimum atomic E-state index is -1.53. The quantitative estimate of drug-likeness (QED) is 0.283. The fourth-order valence-electron chi connectivity index (χ4n) is 2.63. The van der Waals surface area contributed by atoms with Crippen molar-refractivity contribution in [1.82, 2.24) is 0 Å². The number of halogens is 3. The predicted molar refractivity (Wildman–Crippen MR) is 91.1 cm³/mol. The summed E-state index contributed by atoms with van der Waals surface area (Å²) in [6.45, 7) is 2.41. The summed E-state index contributed by atoms with van der Waals surface area (Å²) in [5.74, 6) is 0. The number of rotatable bonds is 3. The normalized spacial score (nSPS) is 9.38. The van der Waals surface area contributed by atoms with Gasteiger partial charge in [0.1, 0.15) is 23.2 Å². The largest absolute Gasteiger partial charge is 2.00 e. The molecule has 3 aromatic rings. The second-order valence-corrected chi connectivity index (χ2v) is 8.57. The maximum Gasteiger partial charge on any atom is 2.00 e. The Labute approximate surface area is 174 Å². The molecule has 0 aliphatic rings. The number of hydrogen-bond donors (Lipinski definition) is 0. The van der Waals surface area contributed by atoms with Gasteiger partial charge in [0, 0.05) is 0 Å². The van der Waals surface area contributed by atoms with E-state index in [1.165, 1.54) is 15.9 Å². The Kier molecular flexibility index (Phi) is 12.8. The van der Waals surface area contributed by atoms with Gasteiger partial charge in [-0.1, -0.05) is 54.6 Å². The number of hydrogen-bond acceptors (Lipinski definition) is 0. The van der Waals surface area contributed by atoms with Crippen molar-refractivity contribution in [2.24, 2.45) is 0 Å². The summed E-state index contributed by atoms with van der Waals surface area (Å²) >= 11 is 0. The van der Waals surface area contributed by atoms with Crippen molar-refractivity contribution >= 4 is 23.2 Å². The van der Waals surface area contributed by atoms with E-state index < -0.39 is 7.26 Å². The molecular formula is C19H18Cl3MnP. The molecule has 0 saturated carbocycles. The van der Waals surface area contributed by atoms with Gasteiger partial charge >= 0.3 is 17.1 Å². The fourth-order valence-corrected chi connectivity index (χ4v) is 5.83. The van der Waals surface area contributed by atoms with Gasteiger partial charge in [-0.2, -0.15) is 0 Å². The zero-order valence-corrected chi connectivity index (χ0v) is 17.5. The molecule has 3 rings (SSSR count). The number of benzene rings is 3. The molecule has 0 atom stereocenters. The zero-order chi connectivity index (χ0) is 13.8. The van der Waals surface area contributed by atoms with Crippen LogP contribution in [0.2, 0.25) is 0 Å². The van der Waals surface area contributed by atoms with E-state index in [2.05, 4.69) is 97.7 Å². The van der Waals surface area contributed by atoms with Crippen molar-refractivity contribution in [1.29, 1.82) is 0 Å². The van der Waals surface area contributed by atoms with Crippen LogP contribution < -0.4 is 53.1 Å². The minimum Gasteiger partial charge on any atom is -1.00 e. The van der Waals surface area contributed by atoms with Crippen LogP contribution in [0.25, 0.3) is 0 Å². The van der Waals surface area contributed by atoms with E-state index >= 15 is 0 Å². The molecule has 0 N–H and O–H groups in total. The first-order valence-electron chi connectivity index (χ1n) is 6.85. The molecule has 0 aliphatic heterocycles. The van der Waals surface area contributed by atoms with Crippen LogP contribution in [0.4, 0.5) is 0 Å². The van der Waals surface area contributed by atoms with Crippen LogP contribution in [-0.2, 0) is 17.1 Å². The first-order valence-corrected chi connectivity index (χ1v) is 9.09. The van der Waals surface area contributed by atoms with Crippen LogP contribution in [0.3, 0.4) is 0 Å². The molecule has 0 fully saturated rings. The molecule has 0 aliphatic carbocycles. The minimum absolute atomic E-state index is 0. The third-order valence-corrected chi connectivity index (χ3v) is 7.81. The third kappa shape index (κ3) is 5.24. The molecule has 0 unspecified atom stereocenters. The molecule has 3 aromatic carbocycles. The molecule has 0 bridgehead atoms. The summed E-state index contributed by atoms with van der Waals surface area (Å²) < 4.78 is 0. The SMILES string of the molecule is C[P+](c1ccccc1)(c1ccccc1)c1ccccc1.[Cl-].[Cl-].[Cl-].[Mn+2]. The van der Waals surface area contributed by atoms with Gasteiger partial charge in [-0.05, 0) is 36.4 Å².